The summed E-state index contributed by atoms with van der Waals surface area (Å²) >= 11 is 0. The molecule has 0 aromatic heterocycles. The van der Waals surface area contributed by atoms with Crippen molar-refractivity contribution < 1.29 is 40.3 Å². The number of hydrogen-bond donors (Lipinski definition) is 6. The van der Waals surface area contributed by atoms with E-state index < -0.39 is 35.8 Å². The SMILES string of the molecule is NC(=O)CC[C@H](N)C(=O)O.NC(=O)CC[C@H](N)C(=O)O.[Ca+2].[Ca+2].[Ca+2].[O-2].[O-2]. The molecule has 0 fully saturated rings. The quantitative estimate of drug-likeness (QED) is 0.200. The van der Waals surface area contributed by atoms with Crippen molar-refractivity contribution in [2.75, 3.05) is 0 Å². The van der Waals surface area contributed by atoms with Gasteiger partial charge in [0, 0.05) is 12.8 Å². The Morgan fingerprint density at radius 3 is 1.00 bits per heavy atom. The van der Waals surface area contributed by atoms with Crippen LogP contribution in [0.5, 0.6) is 0 Å². The van der Waals surface area contributed by atoms with Crippen molar-refractivity contribution in [1.82, 2.24) is 0 Å². The van der Waals surface area contributed by atoms with Crippen molar-refractivity contribution in [2.24, 2.45) is 22.9 Å². The number of rotatable bonds is 8. The van der Waals surface area contributed by atoms with Gasteiger partial charge in [-0.3, -0.25) is 19.2 Å². The van der Waals surface area contributed by atoms with E-state index in [1.807, 2.05) is 0 Å². The van der Waals surface area contributed by atoms with E-state index in [4.69, 9.17) is 33.1 Å². The molecule has 2 atom stereocenters. The molecule has 2 amide bonds. The van der Waals surface area contributed by atoms with Gasteiger partial charge < -0.3 is 44.1 Å². The van der Waals surface area contributed by atoms with Crippen LogP contribution in [0.2, 0.25) is 0 Å². The maximum atomic E-state index is 10.1. The molecule has 0 saturated carbocycles. The van der Waals surface area contributed by atoms with E-state index in [2.05, 4.69) is 0 Å². The van der Waals surface area contributed by atoms with Gasteiger partial charge in [-0.25, -0.2) is 0 Å². The minimum Gasteiger partial charge on any atom is -2.00 e. The second-order valence-electron chi connectivity index (χ2n) is 3.90. The summed E-state index contributed by atoms with van der Waals surface area (Å²) in [5.41, 5.74) is 19.6. The van der Waals surface area contributed by atoms with Gasteiger partial charge >= 0.3 is 125 Å². The molecule has 0 aromatic carbocycles. The Hall–Kier alpha value is 1.50. The Balaban J connectivity index is -0.0000000432. The molecule has 0 rings (SSSR count). The topological polar surface area (TPSA) is 270 Å². The number of hydrogen-bond acceptors (Lipinski definition) is 6. The molecule has 0 aliphatic heterocycles. The monoisotopic (exact) mass is 444 g/mol. The Labute approximate surface area is 234 Å². The van der Waals surface area contributed by atoms with Gasteiger partial charge in [0.05, 0.1) is 0 Å². The fraction of sp³-hybridized carbons (Fsp3) is 0.600. The van der Waals surface area contributed by atoms with Crippen molar-refractivity contribution in [3.63, 3.8) is 0 Å². The van der Waals surface area contributed by atoms with Crippen LogP contribution in [0.3, 0.4) is 0 Å². The zero-order chi connectivity index (χ0) is 16.3. The van der Waals surface area contributed by atoms with E-state index in [1.54, 1.807) is 0 Å². The minimum absolute atomic E-state index is 0. The van der Waals surface area contributed by atoms with Gasteiger partial charge in [-0.1, -0.05) is 0 Å². The molecule has 10 N–H and O–H groups in total. The van der Waals surface area contributed by atoms with Crippen LogP contribution in [0.1, 0.15) is 25.7 Å². The summed E-state index contributed by atoms with van der Waals surface area (Å²) in [6, 6.07) is -1.96. The van der Waals surface area contributed by atoms with Crippen molar-refractivity contribution in [2.45, 2.75) is 37.8 Å². The van der Waals surface area contributed by atoms with Crippen LogP contribution in [-0.4, -0.2) is 159 Å². The van der Waals surface area contributed by atoms with Crippen molar-refractivity contribution in [3.8, 4) is 0 Å². The van der Waals surface area contributed by atoms with Gasteiger partial charge in [0.1, 0.15) is 12.1 Å². The van der Waals surface area contributed by atoms with E-state index in [9.17, 15) is 19.2 Å². The zero-order valence-corrected chi connectivity index (χ0v) is 20.4. The van der Waals surface area contributed by atoms with E-state index in [0.717, 1.165) is 0 Å². The third kappa shape index (κ3) is 37.0. The Bertz CT molecular complexity index is 342. The maximum Gasteiger partial charge on any atom is 2.00 e. The van der Waals surface area contributed by atoms with Gasteiger partial charge in [0.25, 0.3) is 0 Å². The summed E-state index contributed by atoms with van der Waals surface area (Å²) in [5.74, 6) is -3.28. The molecule has 0 spiro atoms. The van der Waals surface area contributed by atoms with Gasteiger partial charge in [0.2, 0.25) is 11.8 Å². The van der Waals surface area contributed by atoms with Gasteiger partial charge in [0.15, 0.2) is 0 Å². The molecule has 0 unspecified atom stereocenters. The second kappa shape index (κ2) is 27.7. The first-order valence-electron chi connectivity index (χ1n) is 5.61. The third-order valence-electron chi connectivity index (χ3n) is 2.04. The van der Waals surface area contributed by atoms with Gasteiger partial charge in [-0.2, -0.15) is 0 Å². The molecule has 0 radical (unpaired) electrons. The van der Waals surface area contributed by atoms with E-state index in [-0.39, 0.29) is 150 Å². The molecule has 25 heavy (non-hydrogen) atoms. The molecular weight excluding hydrogens is 424 g/mol. The van der Waals surface area contributed by atoms with Crippen LogP contribution in [0.25, 0.3) is 0 Å². The van der Waals surface area contributed by atoms with Crippen LogP contribution < -0.4 is 22.9 Å². The minimum atomic E-state index is -1.11. The van der Waals surface area contributed by atoms with Crippen LogP contribution >= 0.6 is 0 Å². The van der Waals surface area contributed by atoms with Crippen LogP contribution in [0, 0.1) is 0 Å². The van der Waals surface area contributed by atoms with Crippen molar-refractivity contribution in [1.29, 1.82) is 0 Å². The molecule has 0 heterocycles. The first kappa shape index (κ1) is 45.3. The molecular formula is C10H20Ca3N4O8+2. The predicted octanol–water partition coefficient (Wildman–Crippen LogP) is -4.05. The Morgan fingerprint density at radius 2 is 0.880 bits per heavy atom. The average Bonchev–Trinajstić information content (AvgIpc) is 2.33. The number of carboxylic acid groups (broad SMARTS) is 2. The molecule has 132 valence electrons. The fourth-order valence-electron chi connectivity index (χ4n) is 0.842. The van der Waals surface area contributed by atoms with E-state index >= 15 is 0 Å². The summed E-state index contributed by atoms with van der Waals surface area (Å²) in [5, 5.41) is 16.4. The number of primary amides is 2. The Morgan fingerprint density at radius 1 is 0.680 bits per heavy atom. The summed E-state index contributed by atoms with van der Waals surface area (Å²) in [4.78, 5) is 40.3. The molecule has 15 heteroatoms. The molecule has 0 saturated heterocycles. The van der Waals surface area contributed by atoms with Crippen LogP contribution in [0.4, 0.5) is 0 Å². The summed E-state index contributed by atoms with van der Waals surface area (Å²) in [6.07, 6.45) is 0.246. The number of nitrogens with two attached hydrogens (primary N) is 4. The molecule has 0 bridgehead atoms. The van der Waals surface area contributed by atoms with E-state index in [0.29, 0.717) is 0 Å². The first-order chi connectivity index (χ1) is 9.07. The molecule has 12 nitrogen and oxygen atoms in total. The smallest absolute Gasteiger partial charge is 2.00 e. The number of carbonyl (C=O) groups excluding carboxylic acids is 2. The molecule has 0 aliphatic carbocycles. The van der Waals surface area contributed by atoms with Crippen LogP contribution in [0.15, 0.2) is 0 Å². The summed E-state index contributed by atoms with van der Waals surface area (Å²) in [7, 11) is 0. The normalized spacial score (nSPS) is 10.0. The second-order valence-corrected chi connectivity index (χ2v) is 3.90. The Kier molecular flexibility index (Phi) is 50.2. The number of carboxylic acids is 2. The molecule has 0 aliphatic rings. The van der Waals surface area contributed by atoms with Crippen LogP contribution in [-0.2, 0) is 30.1 Å². The maximum absolute atomic E-state index is 10.1. The number of aliphatic carboxylic acids is 2. The van der Waals surface area contributed by atoms with Gasteiger partial charge in [-0.15, -0.1) is 0 Å². The standard InChI is InChI=1S/2C5H10N2O3.3Ca.2O/c2*6-3(5(9)10)1-2-4(7)8;;;;;/h2*3H,1-2,6H2,(H2,7,8)(H,9,10);;;;;/q;;3*+2;2*-2/t2*3-;;;;;/m00...../s1. The zero-order valence-electron chi connectivity index (χ0n) is 13.8. The summed E-state index contributed by atoms with van der Waals surface area (Å²) in [6.45, 7) is 0. The summed E-state index contributed by atoms with van der Waals surface area (Å²) < 4.78 is 0. The number of amides is 2. The van der Waals surface area contributed by atoms with E-state index in [1.165, 1.54) is 0 Å². The number of carbonyl (C=O) groups is 4. The third-order valence-corrected chi connectivity index (χ3v) is 2.04. The van der Waals surface area contributed by atoms with Crippen molar-refractivity contribution >= 4 is 137 Å². The largest absolute Gasteiger partial charge is 2.00 e. The fourth-order valence-corrected chi connectivity index (χ4v) is 0.842. The predicted molar refractivity (Wildman–Crippen MR) is 86.7 cm³/mol. The van der Waals surface area contributed by atoms with Crippen molar-refractivity contribution in [3.05, 3.63) is 0 Å². The average molecular weight is 445 g/mol. The van der Waals surface area contributed by atoms with Gasteiger partial charge in [-0.05, 0) is 12.8 Å². The first-order valence-corrected chi connectivity index (χ1v) is 5.61. The molecule has 0 aromatic rings.